The molecule has 0 unspecified atom stereocenters. The second kappa shape index (κ2) is 5.09. The van der Waals surface area contributed by atoms with Gasteiger partial charge in [0.05, 0.1) is 18.0 Å². The van der Waals surface area contributed by atoms with Crippen LogP contribution in [0.3, 0.4) is 0 Å². The molecule has 4 rings (SSSR count). The van der Waals surface area contributed by atoms with Gasteiger partial charge in [0.2, 0.25) is 0 Å². The third kappa shape index (κ3) is 2.14. The summed E-state index contributed by atoms with van der Waals surface area (Å²) in [7, 11) is 2.07. The Bertz CT molecular complexity index is 901. The van der Waals surface area contributed by atoms with Gasteiger partial charge in [-0.2, -0.15) is 10.4 Å². The summed E-state index contributed by atoms with van der Waals surface area (Å²) in [4.78, 5) is 14.1. The summed E-state index contributed by atoms with van der Waals surface area (Å²) in [5, 5.41) is 14.4. The zero-order chi connectivity index (χ0) is 16.0. The normalized spacial score (nSPS) is 20.2. The summed E-state index contributed by atoms with van der Waals surface area (Å²) >= 11 is 0. The number of nitriles is 1. The SMILES string of the molecule is C[C@@H]1Cc2cc(C#N)nn2C[C@@H]1N(C)c1ncnc2[nH]ccc12. The van der Waals surface area contributed by atoms with Gasteiger partial charge >= 0.3 is 0 Å². The van der Waals surface area contributed by atoms with Gasteiger partial charge in [-0.15, -0.1) is 0 Å². The van der Waals surface area contributed by atoms with Gasteiger partial charge in [0.15, 0.2) is 5.69 Å². The van der Waals surface area contributed by atoms with Crippen molar-refractivity contribution in [3.8, 4) is 6.07 Å². The zero-order valence-corrected chi connectivity index (χ0v) is 13.1. The van der Waals surface area contributed by atoms with Gasteiger partial charge < -0.3 is 9.88 Å². The molecule has 0 radical (unpaired) electrons. The van der Waals surface area contributed by atoms with Crippen LogP contribution in [0.2, 0.25) is 0 Å². The molecule has 23 heavy (non-hydrogen) atoms. The highest BCUT2D eigenvalue weighted by Gasteiger charge is 2.31. The van der Waals surface area contributed by atoms with Crippen LogP contribution in [-0.2, 0) is 13.0 Å². The predicted octanol–water partition coefficient (Wildman–Crippen LogP) is 1.72. The molecule has 7 heteroatoms. The van der Waals surface area contributed by atoms with Crippen molar-refractivity contribution < 1.29 is 0 Å². The number of rotatable bonds is 2. The second-order valence-corrected chi connectivity index (χ2v) is 6.11. The first-order chi connectivity index (χ1) is 11.2. The van der Waals surface area contributed by atoms with E-state index in [0.29, 0.717) is 11.6 Å². The first kappa shape index (κ1) is 13.8. The van der Waals surface area contributed by atoms with Gasteiger partial charge in [-0.25, -0.2) is 9.97 Å². The van der Waals surface area contributed by atoms with E-state index in [-0.39, 0.29) is 6.04 Å². The third-order valence-electron chi connectivity index (χ3n) is 4.69. The third-order valence-corrected chi connectivity index (χ3v) is 4.69. The molecule has 1 N–H and O–H groups in total. The smallest absolute Gasteiger partial charge is 0.162 e. The molecule has 0 aromatic carbocycles. The van der Waals surface area contributed by atoms with Crippen molar-refractivity contribution in [2.45, 2.75) is 25.9 Å². The maximum atomic E-state index is 9.04. The lowest BCUT2D eigenvalue weighted by Gasteiger charge is -2.37. The number of aromatic nitrogens is 5. The van der Waals surface area contributed by atoms with E-state index >= 15 is 0 Å². The number of fused-ring (bicyclic) bond motifs is 2. The minimum atomic E-state index is 0.266. The van der Waals surface area contributed by atoms with Crippen LogP contribution in [0, 0.1) is 17.2 Å². The standard InChI is InChI=1S/C16H17N7/c1-10-5-12-6-11(7-17)21-23(12)8-14(10)22(2)16-13-3-4-18-15(13)19-9-20-16/h3-4,6,9-10,14H,5,8H2,1-2H3,(H,18,19,20)/t10-,14+/m1/s1. The lowest BCUT2D eigenvalue weighted by Crippen LogP contribution is -2.45. The summed E-state index contributed by atoms with van der Waals surface area (Å²) < 4.78 is 1.95. The largest absolute Gasteiger partial charge is 0.354 e. The molecule has 0 spiro atoms. The Balaban J connectivity index is 1.70. The van der Waals surface area contributed by atoms with Crippen LogP contribution in [0.4, 0.5) is 5.82 Å². The molecule has 3 aromatic rings. The van der Waals surface area contributed by atoms with Crippen molar-refractivity contribution in [2.24, 2.45) is 5.92 Å². The fourth-order valence-electron chi connectivity index (χ4n) is 3.46. The summed E-state index contributed by atoms with van der Waals surface area (Å²) in [6.07, 6.45) is 4.38. The summed E-state index contributed by atoms with van der Waals surface area (Å²) in [5.74, 6) is 1.36. The predicted molar refractivity (Wildman–Crippen MR) is 85.9 cm³/mol. The highest BCUT2D eigenvalue weighted by Crippen LogP contribution is 2.29. The maximum Gasteiger partial charge on any atom is 0.162 e. The second-order valence-electron chi connectivity index (χ2n) is 6.11. The van der Waals surface area contributed by atoms with Gasteiger partial charge in [-0.3, -0.25) is 4.68 Å². The van der Waals surface area contributed by atoms with Crippen molar-refractivity contribution in [1.82, 2.24) is 24.7 Å². The van der Waals surface area contributed by atoms with Gasteiger partial charge in [0.25, 0.3) is 0 Å². The van der Waals surface area contributed by atoms with Crippen LogP contribution in [0.25, 0.3) is 11.0 Å². The average molecular weight is 307 g/mol. The summed E-state index contributed by atoms with van der Waals surface area (Å²) in [6, 6.07) is 6.28. The zero-order valence-electron chi connectivity index (χ0n) is 13.1. The fraction of sp³-hybridized carbons (Fsp3) is 0.375. The first-order valence-corrected chi connectivity index (χ1v) is 7.65. The highest BCUT2D eigenvalue weighted by atomic mass is 15.3. The molecule has 116 valence electrons. The molecule has 1 aliphatic rings. The van der Waals surface area contributed by atoms with Gasteiger partial charge in [-0.1, -0.05) is 6.92 Å². The average Bonchev–Trinajstić information content (AvgIpc) is 3.18. The molecule has 3 aromatic heterocycles. The number of H-pyrrole nitrogens is 1. The van der Waals surface area contributed by atoms with Gasteiger partial charge in [-0.05, 0) is 24.5 Å². The van der Waals surface area contributed by atoms with E-state index in [1.807, 2.05) is 23.0 Å². The minimum Gasteiger partial charge on any atom is -0.354 e. The lowest BCUT2D eigenvalue weighted by molar-refractivity contribution is 0.324. The van der Waals surface area contributed by atoms with Crippen LogP contribution >= 0.6 is 0 Å². The summed E-state index contributed by atoms with van der Waals surface area (Å²) in [5.41, 5.74) is 2.47. The van der Waals surface area contributed by atoms with Crippen molar-refractivity contribution >= 4 is 16.9 Å². The van der Waals surface area contributed by atoms with Crippen molar-refractivity contribution in [3.05, 3.63) is 36.0 Å². The number of hydrogen-bond donors (Lipinski definition) is 1. The van der Waals surface area contributed by atoms with E-state index in [1.54, 1.807) is 6.33 Å². The molecule has 0 fully saturated rings. The van der Waals surface area contributed by atoms with Crippen LogP contribution < -0.4 is 4.90 Å². The number of hydrogen-bond acceptors (Lipinski definition) is 5. The minimum absolute atomic E-state index is 0.266. The van der Waals surface area contributed by atoms with Crippen LogP contribution in [-0.4, -0.2) is 37.8 Å². The van der Waals surface area contributed by atoms with Crippen LogP contribution in [0.5, 0.6) is 0 Å². The Morgan fingerprint density at radius 2 is 2.30 bits per heavy atom. The number of nitrogens with one attached hydrogen (secondary N) is 1. The molecule has 4 heterocycles. The topological polar surface area (TPSA) is 86.4 Å². The molecule has 0 saturated carbocycles. The molecular weight excluding hydrogens is 290 g/mol. The van der Waals surface area contributed by atoms with E-state index in [1.165, 1.54) is 0 Å². The lowest BCUT2D eigenvalue weighted by atomic mass is 9.92. The molecule has 0 bridgehead atoms. The fourth-order valence-corrected chi connectivity index (χ4v) is 3.46. The van der Waals surface area contributed by atoms with Crippen molar-refractivity contribution in [2.75, 3.05) is 11.9 Å². The van der Waals surface area contributed by atoms with E-state index in [4.69, 9.17) is 5.26 Å². The molecule has 2 atom stereocenters. The molecule has 7 nitrogen and oxygen atoms in total. The molecular formula is C16H17N7. The highest BCUT2D eigenvalue weighted by molar-refractivity contribution is 5.87. The molecule has 0 amide bonds. The number of likely N-dealkylation sites (N-methyl/N-ethyl adjacent to an activating group) is 1. The van der Waals surface area contributed by atoms with Crippen LogP contribution in [0.15, 0.2) is 24.7 Å². The summed E-state index contributed by atoms with van der Waals surface area (Å²) in [6.45, 7) is 2.99. The number of aromatic amines is 1. The number of anilines is 1. The molecule has 1 aliphatic heterocycles. The Labute approximate surface area is 133 Å². The van der Waals surface area contributed by atoms with E-state index in [0.717, 1.165) is 35.5 Å². The monoisotopic (exact) mass is 307 g/mol. The quantitative estimate of drug-likeness (QED) is 0.779. The Kier molecular flexibility index (Phi) is 3.05. The Morgan fingerprint density at radius 1 is 1.43 bits per heavy atom. The van der Waals surface area contributed by atoms with Crippen LogP contribution in [0.1, 0.15) is 18.3 Å². The maximum absolute atomic E-state index is 9.04. The van der Waals surface area contributed by atoms with Gasteiger partial charge in [0.1, 0.15) is 23.9 Å². The Hall–Kier alpha value is -2.88. The van der Waals surface area contributed by atoms with Gasteiger partial charge in [0, 0.05) is 18.9 Å². The van der Waals surface area contributed by atoms with Crippen molar-refractivity contribution in [1.29, 1.82) is 5.26 Å². The van der Waals surface area contributed by atoms with E-state index < -0.39 is 0 Å². The van der Waals surface area contributed by atoms with Crippen molar-refractivity contribution in [3.63, 3.8) is 0 Å². The molecule has 0 saturated heterocycles. The number of nitrogens with zero attached hydrogens (tertiary/aromatic N) is 6. The molecule has 0 aliphatic carbocycles. The van der Waals surface area contributed by atoms with E-state index in [2.05, 4.69) is 45.0 Å². The van der Waals surface area contributed by atoms with E-state index in [9.17, 15) is 0 Å². The Morgan fingerprint density at radius 3 is 3.13 bits per heavy atom. The first-order valence-electron chi connectivity index (χ1n) is 7.65.